The normalized spacial score (nSPS) is 14.7. The summed E-state index contributed by atoms with van der Waals surface area (Å²) in [5.74, 6) is 0.924. The zero-order chi connectivity index (χ0) is 13.4. The summed E-state index contributed by atoms with van der Waals surface area (Å²) in [5.41, 5.74) is 9.62. The average molecular weight is 274 g/mol. The molecule has 1 heterocycles. The van der Waals surface area contributed by atoms with Crippen LogP contribution in [0.5, 0.6) is 5.75 Å². The van der Waals surface area contributed by atoms with E-state index in [0.717, 1.165) is 35.7 Å². The van der Waals surface area contributed by atoms with Crippen molar-refractivity contribution in [2.45, 2.75) is 32.2 Å². The molecule has 4 heteroatoms. The Kier molecular flexibility index (Phi) is 3.29. The first-order chi connectivity index (χ1) is 9.17. The SMILES string of the molecule is COc1ccc2c(c1)CCc1sc(CC(C)N)nc1-2. The van der Waals surface area contributed by atoms with Gasteiger partial charge in [0.2, 0.25) is 0 Å². The first-order valence-corrected chi connectivity index (χ1v) is 7.40. The van der Waals surface area contributed by atoms with Crippen molar-refractivity contribution in [1.29, 1.82) is 0 Å². The Labute approximate surface area is 117 Å². The van der Waals surface area contributed by atoms with Crippen LogP contribution in [-0.2, 0) is 19.3 Å². The van der Waals surface area contributed by atoms with Crippen molar-refractivity contribution in [3.05, 3.63) is 33.6 Å². The number of methoxy groups -OCH3 is 1. The maximum Gasteiger partial charge on any atom is 0.119 e. The Bertz CT molecular complexity index is 604. The number of nitrogens with zero attached hydrogens (tertiary/aromatic N) is 1. The number of ether oxygens (including phenoxy) is 1. The predicted molar refractivity (Wildman–Crippen MR) is 78.9 cm³/mol. The molecular weight excluding hydrogens is 256 g/mol. The zero-order valence-corrected chi connectivity index (χ0v) is 12.1. The van der Waals surface area contributed by atoms with E-state index in [0.29, 0.717) is 0 Å². The van der Waals surface area contributed by atoms with Gasteiger partial charge in [-0.25, -0.2) is 4.98 Å². The standard InChI is InChI=1S/C15H18N2OS/c1-9(16)7-14-17-15-12-5-4-11(18-2)8-10(12)3-6-13(15)19-14/h4-5,8-9H,3,6-7,16H2,1-2H3. The minimum atomic E-state index is 0.169. The predicted octanol–water partition coefficient (Wildman–Crippen LogP) is 2.81. The maximum absolute atomic E-state index is 5.86. The average Bonchev–Trinajstić information content (AvgIpc) is 2.79. The lowest BCUT2D eigenvalue weighted by molar-refractivity contribution is 0.414. The molecule has 0 bridgehead atoms. The molecule has 2 aromatic rings. The second-order valence-corrected chi connectivity index (χ2v) is 6.25. The second-order valence-electron chi connectivity index (χ2n) is 5.08. The highest BCUT2D eigenvalue weighted by atomic mass is 32.1. The van der Waals surface area contributed by atoms with Gasteiger partial charge in [-0.15, -0.1) is 11.3 Å². The molecule has 0 radical (unpaired) electrons. The topological polar surface area (TPSA) is 48.1 Å². The summed E-state index contributed by atoms with van der Waals surface area (Å²) >= 11 is 1.81. The van der Waals surface area contributed by atoms with E-state index in [1.54, 1.807) is 7.11 Å². The number of benzene rings is 1. The Morgan fingerprint density at radius 1 is 1.42 bits per heavy atom. The van der Waals surface area contributed by atoms with Gasteiger partial charge in [0.25, 0.3) is 0 Å². The molecule has 19 heavy (non-hydrogen) atoms. The highest BCUT2D eigenvalue weighted by Gasteiger charge is 2.21. The lowest BCUT2D eigenvalue weighted by Gasteiger charge is -2.15. The molecule has 1 atom stereocenters. The van der Waals surface area contributed by atoms with Crippen molar-refractivity contribution in [3.63, 3.8) is 0 Å². The fraction of sp³-hybridized carbons (Fsp3) is 0.400. The number of nitrogens with two attached hydrogens (primary N) is 1. The van der Waals surface area contributed by atoms with Gasteiger partial charge in [-0.05, 0) is 43.5 Å². The van der Waals surface area contributed by atoms with Crippen LogP contribution in [0.3, 0.4) is 0 Å². The van der Waals surface area contributed by atoms with Gasteiger partial charge in [-0.2, -0.15) is 0 Å². The monoisotopic (exact) mass is 274 g/mol. The van der Waals surface area contributed by atoms with Gasteiger partial charge in [0, 0.05) is 22.9 Å². The molecule has 2 N–H and O–H groups in total. The zero-order valence-electron chi connectivity index (χ0n) is 11.3. The molecule has 1 aliphatic carbocycles. The van der Waals surface area contributed by atoms with E-state index in [1.165, 1.54) is 16.0 Å². The largest absolute Gasteiger partial charge is 0.497 e. The van der Waals surface area contributed by atoms with Crippen molar-refractivity contribution < 1.29 is 4.74 Å². The Morgan fingerprint density at radius 3 is 3.00 bits per heavy atom. The van der Waals surface area contributed by atoms with Gasteiger partial charge in [-0.1, -0.05) is 0 Å². The summed E-state index contributed by atoms with van der Waals surface area (Å²) in [4.78, 5) is 6.18. The smallest absolute Gasteiger partial charge is 0.119 e. The number of rotatable bonds is 3. The lowest BCUT2D eigenvalue weighted by Crippen LogP contribution is -2.17. The van der Waals surface area contributed by atoms with Crippen LogP contribution < -0.4 is 10.5 Å². The number of thiazole rings is 1. The van der Waals surface area contributed by atoms with Crippen molar-refractivity contribution in [2.75, 3.05) is 7.11 Å². The van der Waals surface area contributed by atoms with Gasteiger partial charge in [0.15, 0.2) is 0 Å². The molecule has 0 aliphatic heterocycles. The minimum absolute atomic E-state index is 0.169. The molecule has 0 spiro atoms. The van der Waals surface area contributed by atoms with Crippen molar-refractivity contribution in [1.82, 2.24) is 4.98 Å². The molecule has 3 nitrogen and oxygen atoms in total. The third kappa shape index (κ3) is 2.38. The van der Waals surface area contributed by atoms with Crippen LogP contribution in [0.2, 0.25) is 0 Å². The number of hydrogen-bond acceptors (Lipinski definition) is 4. The van der Waals surface area contributed by atoms with Crippen LogP contribution in [0, 0.1) is 0 Å². The lowest BCUT2D eigenvalue weighted by atomic mass is 9.93. The number of hydrogen-bond donors (Lipinski definition) is 1. The summed E-state index contributed by atoms with van der Waals surface area (Å²) in [6.07, 6.45) is 3.01. The highest BCUT2D eigenvalue weighted by Crippen LogP contribution is 2.37. The quantitative estimate of drug-likeness (QED) is 0.936. The van der Waals surface area contributed by atoms with Crippen molar-refractivity contribution in [3.8, 4) is 17.0 Å². The fourth-order valence-electron chi connectivity index (χ4n) is 2.53. The molecule has 0 fully saturated rings. The molecule has 1 aromatic carbocycles. The molecule has 3 rings (SSSR count). The molecular formula is C15H18N2OS. The van der Waals surface area contributed by atoms with E-state index in [2.05, 4.69) is 12.1 Å². The van der Waals surface area contributed by atoms with Gasteiger partial charge in [-0.3, -0.25) is 0 Å². The van der Waals surface area contributed by atoms with Crippen LogP contribution in [0.25, 0.3) is 11.3 Å². The number of aryl methyl sites for hydroxylation is 2. The first kappa shape index (κ1) is 12.6. The third-order valence-electron chi connectivity index (χ3n) is 3.43. The van der Waals surface area contributed by atoms with Crippen LogP contribution >= 0.6 is 11.3 Å². The van der Waals surface area contributed by atoms with Crippen LogP contribution in [-0.4, -0.2) is 18.1 Å². The van der Waals surface area contributed by atoms with E-state index < -0.39 is 0 Å². The van der Waals surface area contributed by atoms with Gasteiger partial charge < -0.3 is 10.5 Å². The molecule has 0 saturated heterocycles. The second kappa shape index (κ2) is 4.94. The van der Waals surface area contributed by atoms with Gasteiger partial charge in [0.1, 0.15) is 5.75 Å². The Balaban J connectivity index is 2.01. The number of aromatic nitrogens is 1. The maximum atomic E-state index is 5.86. The van der Waals surface area contributed by atoms with E-state index in [1.807, 2.05) is 24.3 Å². The molecule has 1 unspecified atom stereocenters. The van der Waals surface area contributed by atoms with Crippen molar-refractivity contribution in [2.24, 2.45) is 5.73 Å². The van der Waals surface area contributed by atoms with Crippen LogP contribution in [0.1, 0.15) is 22.4 Å². The van der Waals surface area contributed by atoms with E-state index in [4.69, 9.17) is 15.5 Å². The Morgan fingerprint density at radius 2 is 2.26 bits per heavy atom. The molecule has 1 aliphatic rings. The molecule has 1 aromatic heterocycles. The highest BCUT2D eigenvalue weighted by molar-refractivity contribution is 7.12. The van der Waals surface area contributed by atoms with Crippen LogP contribution in [0.15, 0.2) is 18.2 Å². The molecule has 0 amide bonds. The summed E-state index contributed by atoms with van der Waals surface area (Å²) in [6.45, 7) is 2.03. The third-order valence-corrected chi connectivity index (χ3v) is 4.56. The van der Waals surface area contributed by atoms with Crippen molar-refractivity contribution >= 4 is 11.3 Å². The molecule has 100 valence electrons. The van der Waals surface area contributed by atoms with Gasteiger partial charge >= 0.3 is 0 Å². The van der Waals surface area contributed by atoms with Crippen LogP contribution in [0.4, 0.5) is 0 Å². The first-order valence-electron chi connectivity index (χ1n) is 6.59. The van der Waals surface area contributed by atoms with E-state index >= 15 is 0 Å². The summed E-state index contributed by atoms with van der Waals surface area (Å²) < 4.78 is 5.29. The fourth-order valence-corrected chi connectivity index (χ4v) is 3.75. The summed E-state index contributed by atoms with van der Waals surface area (Å²) in [6, 6.07) is 6.44. The van der Waals surface area contributed by atoms with E-state index in [9.17, 15) is 0 Å². The number of fused-ring (bicyclic) bond motifs is 3. The summed E-state index contributed by atoms with van der Waals surface area (Å²) in [7, 11) is 1.71. The Hall–Kier alpha value is -1.39. The van der Waals surface area contributed by atoms with Gasteiger partial charge in [0.05, 0.1) is 17.8 Å². The molecule has 0 saturated carbocycles. The summed E-state index contributed by atoms with van der Waals surface area (Å²) in [5, 5.41) is 1.16. The van der Waals surface area contributed by atoms with E-state index in [-0.39, 0.29) is 6.04 Å². The minimum Gasteiger partial charge on any atom is -0.497 e.